The van der Waals surface area contributed by atoms with Gasteiger partial charge in [0, 0.05) is 0 Å². The van der Waals surface area contributed by atoms with Crippen LogP contribution >= 0.6 is 0 Å². The molecule has 4 nitrogen and oxygen atoms in total. The molecule has 0 N–H and O–H groups in total. The molecule has 0 bridgehead atoms. The van der Waals surface area contributed by atoms with E-state index in [0.717, 1.165) is 0 Å². The van der Waals surface area contributed by atoms with E-state index in [-0.39, 0.29) is 45.8 Å². The van der Waals surface area contributed by atoms with Gasteiger partial charge in [-0.25, -0.2) is 0 Å². The fourth-order valence-corrected chi connectivity index (χ4v) is 1.87. The Labute approximate surface area is 115 Å². The molecule has 1 heterocycles. The van der Waals surface area contributed by atoms with Gasteiger partial charge in [0.15, 0.2) is 0 Å². The summed E-state index contributed by atoms with van der Waals surface area (Å²) in [5.41, 5.74) is 0.0724. The largest absolute Gasteiger partial charge is 1.00 e. The summed E-state index contributed by atoms with van der Waals surface area (Å²) in [4.78, 5) is -0.167. The van der Waals surface area contributed by atoms with Gasteiger partial charge in [-0.2, -0.15) is 18.3 Å². The van der Waals surface area contributed by atoms with Gasteiger partial charge in [0.1, 0.15) is 6.54 Å². The molecule has 0 amide bonds. The average Bonchev–Trinajstić information content (AvgIpc) is 2.23. The van der Waals surface area contributed by atoms with Crippen molar-refractivity contribution in [2.75, 3.05) is 0 Å². The summed E-state index contributed by atoms with van der Waals surface area (Å²) in [6.07, 6.45) is -4.41. The standard InChI is InChI=1S/C7H9F3N2O2S.Na/c1-4-6(15(13)14)5(2)12(11-4)3-7(8,9)10;/h3H2,1-2H3,(H,13,14);/q;+1/p-1. The van der Waals surface area contributed by atoms with Crippen LogP contribution in [0.1, 0.15) is 11.4 Å². The minimum Gasteiger partial charge on any atom is -0.768 e. The number of aryl methyl sites for hydroxylation is 1. The van der Waals surface area contributed by atoms with Crippen molar-refractivity contribution in [3.05, 3.63) is 11.4 Å². The second-order valence-electron chi connectivity index (χ2n) is 3.01. The molecule has 1 aromatic heterocycles. The number of hydrogen-bond donors (Lipinski definition) is 0. The van der Waals surface area contributed by atoms with Crippen LogP contribution in [0, 0.1) is 13.8 Å². The summed E-state index contributed by atoms with van der Waals surface area (Å²) < 4.78 is 58.2. The van der Waals surface area contributed by atoms with Gasteiger partial charge in [-0.15, -0.1) is 0 Å². The molecule has 9 heteroatoms. The zero-order valence-corrected chi connectivity index (χ0v) is 11.8. The number of aromatic nitrogens is 2. The van der Waals surface area contributed by atoms with Crippen LogP contribution in [0.3, 0.4) is 0 Å². The Bertz CT molecular complexity index is 405. The van der Waals surface area contributed by atoms with Gasteiger partial charge in [0.25, 0.3) is 0 Å². The van der Waals surface area contributed by atoms with Crippen molar-refractivity contribution in [2.45, 2.75) is 31.5 Å². The smallest absolute Gasteiger partial charge is 0.768 e. The summed E-state index contributed by atoms with van der Waals surface area (Å²) in [5, 5.41) is 3.52. The van der Waals surface area contributed by atoms with Gasteiger partial charge in [-0.05, 0) is 24.9 Å². The summed E-state index contributed by atoms with van der Waals surface area (Å²) >= 11 is -2.56. The fourth-order valence-electron chi connectivity index (χ4n) is 1.25. The van der Waals surface area contributed by atoms with Crippen molar-refractivity contribution >= 4 is 11.1 Å². The Morgan fingerprint density at radius 2 is 1.94 bits per heavy atom. The molecule has 0 saturated heterocycles. The van der Waals surface area contributed by atoms with Crippen molar-refractivity contribution < 1.29 is 51.5 Å². The van der Waals surface area contributed by atoms with Crippen molar-refractivity contribution in [1.82, 2.24) is 9.78 Å². The first-order valence-corrected chi connectivity index (χ1v) is 5.00. The van der Waals surface area contributed by atoms with E-state index in [1.54, 1.807) is 0 Å². The van der Waals surface area contributed by atoms with Crippen molar-refractivity contribution in [1.29, 1.82) is 0 Å². The van der Waals surface area contributed by atoms with E-state index in [2.05, 4.69) is 5.10 Å². The summed E-state index contributed by atoms with van der Waals surface area (Å²) in [6.45, 7) is 1.36. The van der Waals surface area contributed by atoms with Crippen LogP contribution in [0.15, 0.2) is 4.90 Å². The Hall–Kier alpha value is 0.110. The number of alkyl halides is 3. The Balaban J connectivity index is 0.00000225. The Morgan fingerprint density at radius 3 is 2.25 bits per heavy atom. The van der Waals surface area contributed by atoms with Crippen LogP contribution in [0.2, 0.25) is 0 Å². The van der Waals surface area contributed by atoms with Crippen LogP contribution < -0.4 is 29.6 Å². The van der Waals surface area contributed by atoms with Crippen molar-refractivity contribution in [3.8, 4) is 0 Å². The Kier molecular flexibility index (Phi) is 5.67. The molecular weight excluding hydrogens is 256 g/mol. The molecule has 0 saturated carbocycles. The summed E-state index contributed by atoms with van der Waals surface area (Å²) in [7, 11) is 0. The average molecular weight is 264 g/mol. The maximum absolute atomic E-state index is 12.0. The van der Waals surface area contributed by atoms with E-state index in [0.29, 0.717) is 4.68 Å². The SMILES string of the molecule is Cc1nn(CC(F)(F)F)c(C)c1S(=O)[O-].[Na+]. The third-order valence-corrected chi connectivity index (χ3v) is 2.73. The molecular formula is C7H8F3N2NaO2S. The first-order valence-electron chi connectivity index (χ1n) is 3.92. The van der Waals surface area contributed by atoms with Gasteiger partial charge in [-0.1, -0.05) is 0 Å². The first-order chi connectivity index (χ1) is 6.72. The van der Waals surface area contributed by atoms with E-state index < -0.39 is 23.8 Å². The molecule has 0 aromatic carbocycles. The predicted octanol–water partition coefficient (Wildman–Crippen LogP) is -1.70. The van der Waals surface area contributed by atoms with Crippen LogP contribution in [-0.4, -0.2) is 24.7 Å². The number of halogens is 3. The van der Waals surface area contributed by atoms with E-state index in [1.807, 2.05) is 0 Å². The normalized spacial score (nSPS) is 13.4. The minimum absolute atomic E-state index is 0. The maximum Gasteiger partial charge on any atom is 1.00 e. The number of hydrogen-bond acceptors (Lipinski definition) is 3. The summed E-state index contributed by atoms with van der Waals surface area (Å²) in [5.74, 6) is 0. The third-order valence-electron chi connectivity index (χ3n) is 1.81. The van der Waals surface area contributed by atoms with E-state index in [9.17, 15) is 21.9 Å². The topological polar surface area (TPSA) is 58.0 Å². The van der Waals surface area contributed by atoms with Gasteiger partial charge >= 0.3 is 35.7 Å². The van der Waals surface area contributed by atoms with E-state index in [4.69, 9.17) is 0 Å². The van der Waals surface area contributed by atoms with Gasteiger partial charge in [0.05, 0.1) is 16.3 Å². The number of nitrogens with zero attached hydrogens (tertiary/aromatic N) is 2. The fraction of sp³-hybridized carbons (Fsp3) is 0.571. The molecule has 0 spiro atoms. The molecule has 0 aliphatic rings. The molecule has 1 unspecified atom stereocenters. The van der Waals surface area contributed by atoms with E-state index >= 15 is 0 Å². The molecule has 0 radical (unpaired) electrons. The molecule has 1 aromatic rings. The van der Waals surface area contributed by atoms with Crippen molar-refractivity contribution in [3.63, 3.8) is 0 Å². The van der Waals surface area contributed by atoms with Gasteiger partial charge in [-0.3, -0.25) is 8.89 Å². The maximum atomic E-state index is 12.0. The minimum atomic E-state index is -4.41. The van der Waals surface area contributed by atoms with Gasteiger partial charge in [0.2, 0.25) is 0 Å². The second-order valence-corrected chi connectivity index (χ2v) is 3.89. The zero-order chi connectivity index (χ0) is 11.8. The van der Waals surface area contributed by atoms with E-state index in [1.165, 1.54) is 13.8 Å². The molecule has 0 aliphatic carbocycles. The van der Waals surface area contributed by atoms with Crippen LogP contribution in [0.5, 0.6) is 0 Å². The Morgan fingerprint density at radius 1 is 1.44 bits per heavy atom. The van der Waals surface area contributed by atoms with Gasteiger partial charge < -0.3 is 4.55 Å². The predicted molar refractivity (Wildman–Crippen MR) is 44.9 cm³/mol. The van der Waals surface area contributed by atoms with Crippen molar-refractivity contribution in [2.24, 2.45) is 0 Å². The molecule has 86 valence electrons. The van der Waals surface area contributed by atoms with Crippen LogP contribution in [-0.2, 0) is 17.6 Å². The molecule has 1 atom stereocenters. The molecule has 16 heavy (non-hydrogen) atoms. The first kappa shape index (κ1) is 16.1. The second kappa shape index (κ2) is 5.63. The van der Waals surface area contributed by atoms with Crippen LogP contribution in [0.25, 0.3) is 0 Å². The quantitative estimate of drug-likeness (QED) is 0.473. The monoisotopic (exact) mass is 264 g/mol. The molecule has 1 rings (SSSR count). The molecule has 0 aliphatic heterocycles. The summed E-state index contributed by atoms with van der Waals surface area (Å²) in [6, 6.07) is 0. The molecule has 0 fully saturated rings. The third kappa shape index (κ3) is 3.85. The number of rotatable bonds is 2. The van der Waals surface area contributed by atoms with Crippen LogP contribution in [0.4, 0.5) is 13.2 Å². The zero-order valence-electron chi connectivity index (χ0n) is 8.96.